The molecule has 3 rings (SSSR count). The van der Waals surface area contributed by atoms with E-state index in [-0.39, 0.29) is 5.69 Å². The Kier molecular flexibility index (Phi) is 5.92. The highest BCUT2D eigenvalue weighted by molar-refractivity contribution is 6.30. The van der Waals surface area contributed by atoms with E-state index in [0.717, 1.165) is 0 Å². The van der Waals surface area contributed by atoms with E-state index < -0.39 is 31.1 Å². The van der Waals surface area contributed by atoms with E-state index in [1.54, 1.807) is 41.7 Å². The molecule has 0 aliphatic carbocycles. The van der Waals surface area contributed by atoms with Crippen LogP contribution in [0.1, 0.15) is 10.5 Å². The third kappa shape index (κ3) is 5.38. The van der Waals surface area contributed by atoms with Gasteiger partial charge in [0.1, 0.15) is 12.2 Å². The smallest absolute Gasteiger partial charge is 0.405 e. The Balaban J connectivity index is 1.77. The van der Waals surface area contributed by atoms with Crippen LogP contribution in [0.4, 0.5) is 13.2 Å². The fourth-order valence-electron chi connectivity index (χ4n) is 2.38. The predicted molar refractivity (Wildman–Crippen MR) is 97.7 cm³/mol. The number of nitrogens with one attached hydrogen (secondary N) is 2. The van der Waals surface area contributed by atoms with E-state index in [1.807, 2.05) is 0 Å². The van der Waals surface area contributed by atoms with Crippen molar-refractivity contribution in [2.24, 2.45) is 0 Å². The molecule has 3 aromatic rings. The largest absolute Gasteiger partial charge is 0.463 e. The molecule has 11 heteroatoms. The fraction of sp³-hybridized carbons (Fsp3) is 0.167. The minimum Gasteiger partial charge on any atom is -0.463 e. The summed E-state index contributed by atoms with van der Waals surface area (Å²) >= 11 is 5.90. The van der Waals surface area contributed by atoms with Crippen LogP contribution in [0.15, 0.2) is 53.1 Å². The number of hydrogen-bond donors (Lipinski definition) is 2. The summed E-state index contributed by atoms with van der Waals surface area (Å²) in [6.45, 7) is -2.10. The molecular weight excluding hydrogens is 413 g/mol. The van der Waals surface area contributed by atoms with Crippen molar-refractivity contribution in [3.8, 4) is 17.1 Å². The van der Waals surface area contributed by atoms with Gasteiger partial charge in [0.15, 0.2) is 11.5 Å². The van der Waals surface area contributed by atoms with Crippen LogP contribution in [0.2, 0.25) is 5.02 Å². The Morgan fingerprint density at radius 1 is 1.14 bits per heavy atom. The molecule has 152 valence electrons. The van der Waals surface area contributed by atoms with Crippen LogP contribution in [-0.2, 0) is 4.79 Å². The molecule has 2 heterocycles. The number of hydrogen-bond acceptors (Lipinski definition) is 4. The van der Waals surface area contributed by atoms with Gasteiger partial charge in [-0.15, -0.1) is 0 Å². The molecule has 29 heavy (non-hydrogen) atoms. The number of rotatable bonds is 6. The van der Waals surface area contributed by atoms with Gasteiger partial charge in [0.05, 0.1) is 18.5 Å². The second-order valence-electron chi connectivity index (χ2n) is 5.85. The van der Waals surface area contributed by atoms with E-state index in [0.29, 0.717) is 22.2 Å². The van der Waals surface area contributed by atoms with Gasteiger partial charge in [-0.25, -0.2) is 4.68 Å². The van der Waals surface area contributed by atoms with Crippen molar-refractivity contribution in [2.45, 2.75) is 6.18 Å². The van der Waals surface area contributed by atoms with E-state index >= 15 is 0 Å². The monoisotopic (exact) mass is 426 g/mol. The second-order valence-corrected chi connectivity index (χ2v) is 6.29. The molecule has 1 aromatic carbocycles. The molecule has 0 spiro atoms. The molecule has 0 fully saturated rings. The Morgan fingerprint density at radius 3 is 2.48 bits per heavy atom. The molecule has 0 aliphatic rings. The number of benzene rings is 1. The first-order valence-corrected chi connectivity index (χ1v) is 8.62. The third-order valence-corrected chi connectivity index (χ3v) is 3.93. The first kappa shape index (κ1) is 20.5. The highest BCUT2D eigenvalue weighted by atomic mass is 35.5. The maximum Gasteiger partial charge on any atom is 0.405 e. The van der Waals surface area contributed by atoms with E-state index in [4.69, 9.17) is 16.0 Å². The van der Waals surface area contributed by atoms with Crippen molar-refractivity contribution >= 4 is 23.4 Å². The molecule has 0 saturated heterocycles. The van der Waals surface area contributed by atoms with E-state index in [9.17, 15) is 22.8 Å². The van der Waals surface area contributed by atoms with Gasteiger partial charge in [-0.3, -0.25) is 9.59 Å². The lowest BCUT2D eigenvalue weighted by molar-refractivity contribution is -0.137. The topological polar surface area (TPSA) is 89.2 Å². The zero-order valence-corrected chi connectivity index (χ0v) is 15.4. The molecule has 0 atom stereocenters. The van der Waals surface area contributed by atoms with Gasteiger partial charge in [0.25, 0.3) is 5.91 Å². The fourth-order valence-corrected chi connectivity index (χ4v) is 2.51. The van der Waals surface area contributed by atoms with Gasteiger partial charge in [-0.1, -0.05) is 11.6 Å². The predicted octanol–water partition coefficient (Wildman–Crippen LogP) is 3.19. The molecule has 0 unspecified atom stereocenters. The molecular formula is C18H14ClF3N4O3. The highest BCUT2D eigenvalue weighted by Gasteiger charge is 2.27. The van der Waals surface area contributed by atoms with Crippen molar-refractivity contribution < 1.29 is 27.2 Å². The van der Waals surface area contributed by atoms with Crippen molar-refractivity contribution in [2.75, 3.05) is 13.1 Å². The zero-order chi connectivity index (χ0) is 21.0. The lowest BCUT2D eigenvalue weighted by atomic mass is 10.2. The number of aromatic nitrogens is 2. The molecule has 7 nitrogen and oxygen atoms in total. The number of carbonyl (C=O) groups is 2. The van der Waals surface area contributed by atoms with Gasteiger partial charge in [-0.2, -0.15) is 18.3 Å². The minimum absolute atomic E-state index is 0.0463. The first-order chi connectivity index (χ1) is 13.7. The molecule has 0 aliphatic heterocycles. The molecule has 2 amide bonds. The molecule has 0 saturated carbocycles. The van der Waals surface area contributed by atoms with Gasteiger partial charge in [0, 0.05) is 11.1 Å². The van der Waals surface area contributed by atoms with E-state index in [2.05, 4.69) is 10.4 Å². The molecule has 2 N–H and O–H groups in total. The number of nitrogens with zero attached hydrogens (tertiary/aromatic N) is 2. The van der Waals surface area contributed by atoms with Crippen molar-refractivity contribution in [1.29, 1.82) is 0 Å². The van der Waals surface area contributed by atoms with Crippen LogP contribution in [0.5, 0.6) is 0 Å². The van der Waals surface area contributed by atoms with Crippen molar-refractivity contribution in [3.63, 3.8) is 0 Å². The first-order valence-electron chi connectivity index (χ1n) is 8.24. The van der Waals surface area contributed by atoms with Crippen LogP contribution in [-0.4, -0.2) is 40.9 Å². The summed E-state index contributed by atoms with van der Waals surface area (Å²) in [5.74, 6) is -1.26. The van der Waals surface area contributed by atoms with Crippen molar-refractivity contribution in [1.82, 2.24) is 20.4 Å². The average molecular weight is 427 g/mol. The van der Waals surface area contributed by atoms with Gasteiger partial charge >= 0.3 is 6.18 Å². The summed E-state index contributed by atoms with van der Waals surface area (Å²) in [7, 11) is 0. The van der Waals surface area contributed by atoms with Crippen LogP contribution in [0.25, 0.3) is 17.1 Å². The SMILES string of the molecule is O=C(CNC(=O)c1cc(-c2ccco2)n(-c2ccc(Cl)cc2)n1)NCC(F)(F)F. The number of carbonyl (C=O) groups excluding carboxylic acids is 2. The standard InChI is InChI=1S/C18H14ClF3N4O3/c19-11-3-5-12(6-4-11)26-14(15-2-1-7-29-15)8-13(25-26)17(28)23-9-16(27)24-10-18(20,21)22/h1-8H,9-10H2,(H,23,28)(H,24,27). The third-order valence-electron chi connectivity index (χ3n) is 3.68. The molecule has 0 radical (unpaired) electrons. The van der Waals surface area contributed by atoms with Gasteiger partial charge in [0.2, 0.25) is 5.91 Å². The normalized spacial score (nSPS) is 11.3. The lowest BCUT2D eigenvalue weighted by Crippen LogP contribution is -2.41. The Hall–Kier alpha value is -3.27. The Bertz CT molecular complexity index is 999. The average Bonchev–Trinajstić information content (AvgIpc) is 3.34. The second kappa shape index (κ2) is 8.39. The van der Waals surface area contributed by atoms with Crippen LogP contribution in [0, 0.1) is 0 Å². The number of alkyl halides is 3. The number of amides is 2. The van der Waals surface area contributed by atoms with Gasteiger partial charge in [-0.05, 0) is 36.4 Å². The van der Waals surface area contributed by atoms with E-state index in [1.165, 1.54) is 17.0 Å². The van der Waals surface area contributed by atoms with Crippen LogP contribution >= 0.6 is 11.6 Å². The van der Waals surface area contributed by atoms with Crippen LogP contribution in [0.3, 0.4) is 0 Å². The summed E-state index contributed by atoms with van der Waals surface area (Å²) in [5, 5.41) is 8.64. The number of halogens is 4. The summed E-state index contributed by atoms with van der Waals surface area (Å²) in [5.41, 5.74) is 1.02. The Morgan fingerprint density at radius 2 is 1.86 bits per heavy atom. The van der Waals surface area contributed by atoms with Crippen molar-refractivity contribution in [3.05, 3.63) is 59.4 Å². The van der Waals surface area contributed by atoms with Gasteiger partial charge < -0.3 is 15.1 Å². The summed E-state index contributed by atoms with van der Waals surface area (Å²) in [6, 6.07) is 11.5. The van der Waals surface area contributed by atoms with Crippen LogP contribution < -0.4 is 10.6 Å². The Labute approximate surface area is 167 Å². The quantitative estimate of drug-likeness (QED) is 0.633. The maximum atomic E-state index is 12.3. The highest BCUT2D eigenvalue weighted by Crippen LogP contribution is 2.25. The molecule has 2 aromatic heterocycles. The summed E-state index contributed by atoms with van der Waals surface area (Å²) < 4.78 is 43.2. The summed E-state index contributed by atoms with van der Waals surface area (Å²) in [6.07, 6.45) is -3.08. The minimum atomic E-state index is -4.53. The summed E-state index contributed by atoms with van der Waals surface area (Å²) in [4.78, 5) is 23.8. The number of furan rings is 1. The maximum absolute atomic E-state index is 12.3. The zero-order valence-electron chi connectivity index (χ0n) is 14.7. The lowest BCUT2D eigenvalue weighted by Gasteiger charge is -2.08. The molecule has 0 bridgehead atoms.